The minimum atomic E-state index is 0.558. The fourth-order valence-electron chi connectivity index (χ4n) is 4.40. The van der Waals surface area contributed by atoms with Gasteiger partial charge in [0.05, 0.1) is 0 Å². The van der Waals surface area contributed by atoms with Crippen molar-refractivity contribution in [3.05, 3.63) is 54.0 Å². The third-order valence-corrected chi connectivity index (χ3v) is 5.52. The highest BCUT2D eigenvalue weighted by atomic mass is 15.1. The number of aromatic nitrogens is 3. The number of benzene rings is 1. The molecular weight excluding hydrogens is 298 g/mol. The maximum Gasteiger partial charge on any atom is 0.222 e. The van der Waals surface area contributed by atoms with Crippen LogP contribution in [0.15, 0.2) is 42.9 Å². The van der Waals surface area contributed by atoms with Gasteiger partial charge in [-0.15, -0.1) is 0 Å². The molecule has 0 radical (unpaired) electrons. The number of H-pyrrole nitrogens is 1. The Bertz CT molecular complexity index is 857. The Morgan fingerprint density at radius 2 is 2.08 bits per heavy atom. The predicted octanol–water partition coefficient (Wildman–Crippen LogP) is 2.69. The topological polar surface area (TPSA) is 65.6 Å². The molecule has 3 heterocycles. The summed E-state index contributed by atoms with van der Waals surface area (Å²) in [6.07, 6.45) is 8.08. The van der Waals surface area contributed by atoms with E-state index in [9.17, 15) is 0 Å². The lowest BCUT2D eigenvalue weighted by molar-refractivity contribution is 0.276. The normalized spacial score (nSPS) is 25.4. The molecule has 5 heteroatoms. The third-order valence-electron chi connectivity index (χ3n) is 5.52. The molecule has 3 atom stereocenters. The average Bonchev–Trinajstić information content (AvgIpc) is 3.06. The zero-order chi connectivity index (χ0) is 15.9. The third kappa shape index (κ3) is 2.27. The summed E-state index contributed by atoms with van der Waals surface area (Å²) in [4.78, 5) is 11.9. The fraction of sp³-hybridized carbons (Fsp3) is 0.368. The van der Waals surface area contributed by atoms with E-state index in [0.29, 0.717) is 17.9 Å². The largest absolute Gasteiger partial charge is 0.361 e. The quantitative estimate of drug-likeness (QED) is 0.694. The number of piperidine rings is 1. The molecule has 0 saturated carbocycles. The van der Waals surface area contributed by atoms with Gasteiger partial charge in [0.15, 0.2) is 0 Å². The summed E-state index contributed by atoms with van der Waals surface area (Å²) in [5.41, 5.74) is 4.25. The zero-order valence-corrected chi connectivity index (χ0v) is 13.5. The molecule has 1 fully saturated rings. The van der Waals surface area contributed by atoms with Crippen LogP contribution in [0.1, 0.15) is 23.5 Å². The predicted molar refractivity (Wildman–Crippen MR) is 95.2 cm³/mol. The summed E-state index contributed by atoms with van der Waals surface area (Å²) in [6.45, 7) is 1.97. The molecule has 0 bridgehead atoms. The van der Waals surface area contributed by atoms with E-state index >= 15 is 0 Å². The van der Waals surface area contributed by atoms with E-state index in [1.807, 2.05) is 6.07 Å². The summed E-state index contributed by atoms with van der Waals surface area (Å²) >= 11 is 0. The minimum absolute atomic E-state index is 0.558. The lowest BCUT2D eigenvalue weighted by Gasteiger charge is -2.40. The molecule has 0 amide bonds. The number of fused-ring (bicyclic) bond motifs is 2. The van der Waals surface area contributed by atoms with Crippen molar-refractivity contribution in [2.24, 2.45) is 5.92 Å². The molecule has 122 valence electrons. The highest BCUT2D eigenvalue weighted by molar-refractivity contribution is 5.88. The van der Waals surface area contributed by atoms with Gasteiger partial charge >= 0.3 is 0 Å². The lowest BCUT2D eigenvalue weighted by Crippen LogP contribution is -2.48. The van der Waals surface area contributed by atoms with Crippen LogP contribution in [0, 0.1) is 5.92 Å². The molecule has 24 heavy (non-hydrogen) atoms. The maximum absolute atomic E-state index is 4.25. The summed E-state index contributed by atoms with van der Waals surface area (Å²) in [6, 6.07) is 9.08. The van der Waals surface area contributed by atoms with Gasteiger partial charge in [0.2, 0.25) is 5.95 Å². The fourth-order valence-corrected chi connectivity index (χ4v) is 4.40. The van der Waals surface area contributed by atoms with Crippen molar-refractivity contribution in [1.29, 1.82) is 0 Å². The van der Waals surface area contributed by atoms with Crippen LogP contribution in [0.25, 0.3) is 10.9 Å². The Morgan fingerprint density at radius 3 is 3.00 bits per heavy atom. The van der Waals surface area contributed by atoms with E-state index in [1.54, 1.807) is 12.4 Å². The first-order chi connectivity index (χ1) is 11.9. The van der Waals surface area contributed by atoms with Crippen molar-refractivity contribution in [3.63, 3.8) is 0 Å². The number of aromatic amines is 1. The molecule has 0 spiro atoms. The minimum Gasteiger partial charge on any atom is -0.361 e. The van der Waals surface area contributed by atoms with E-state index in [4.69, 9.17) is 0 Å². The standard InChI is InChI=1S/C19H21N5/c1-3-14-15-7-12(10-24-19-20-5-2-6-21-19)9-22-17(15)8-13-11-23-16(4-1)18(13)14/h1-6,11-12,15,17,22-23H,7-10H2,(H,20,21,24)/t12?,15-,17-/m1/s1. The van der Waals surface area contributed by atoms with Crippen LogP contribution in [-0.2, 0) is 6.42 Å². The Morgan fingerprint density at radius 1 is 1.17 bits per heavy atom. The first-order valence-electron chi connectivity index (χ1n) is 8.71. The summed E-state index contributed by atoms with van der Waals surface area (Å²) in [5.74, 6) is 1.90. The number of rotatable bonds is 3. The van der Waals surface area contributed by atoms with Gasteiger partial charge in [-0.1, -0.05) is 12.1 Å². The number of hydrogen-bond donors (Lipinski definition) is 3. The van der Waals surface area contributed by atoms with E-state index in [0.717, 1.165) is 25.5 Å². The Hall–Kier alpha value is -2.40. The van der Waals surface area contributed by atoms with Crippen LogP contribution < -0.4 is 10.6 Å². The Labute approximate surface area is 140 Å². The highest BCUT2D eigenvalue weighted by Gasteiger charge is 2.36. The van der Waals surface area contributed by atoms with E-state index in [-0.39, 0.29) is 0 Å². The van der Waals surface area contributed by atoms with Crippen LogP contribution in [-0.4, -0.2) is 34.1 Å². The SMILES string of the molecule is c1cnc(NCC2CN[C@@H]3Cc4c[nH]c5cccc(c45)[C@H]3C2)nc1. The van der Waals surface area contributed by atoms with Crippen LogP contribution >= 0.6 is 0 Å². The van der Waals surface area contributed by atoms with Crippen LogP contribution in [0.3, 0.4) is 0 Å². The van der Waals surface area contributed by atoms with E-state index < -0.39 is 0 Å². The van der Waals surface area contributed by atoms with E-state index in [1.165, 1.54) is 28.5 Å². The average molecular weight is 319 g/mol. The Kier molecular flexibility index (Phi) is 3.26. The zero-order valence-electron chi connectivity index (χ0n) is 13.5. The van der Waals surface area contributed by atoms with Gasteiger partial charge in [-0.25, -0.2) is 9.97 Å². The van der Waals surface area contributed by atoms with Crippen molar-refractivity contribution in [2.45, 2.75) is 24.8 Å². The van der Waals surface area contributed by atoms with Crippen molar-refractivity contribution in [1.82, 2.24) is 20.3 Å². The van der Waals surface area contributed by atoms with Gasteiger partial charge in [-0.3, -0.25) is 0 Å². The molecule has 1 aliphatic carbocycles. The molecule has 5 rings (SSSR count). The summed E-state index contributed by atoms with van der Waals surface area (Å²) < 4.78 is 0. The molecule has 1 unspecified atom stereocenters. The monoisotopic (exact) mass is 319 g/mol. The molecule has 1 aromatic carbocycles. The van der Waals surface area contributed by atoms with Crippen LogP contribution in [0.2, 0.25) is 0 Å². The molecule has 3 N–H and O–H groups in total. The maximum atomic E-state index is 4.25. The van der Waals surface area contributed by atoms with Crippen molar-refractivity contribution in [2.75, 3.05) is 18.4 Å². The molecule has 5 nitrogen and oxygen atoms in total. The first-order valence-corrected chi connectivity index (χ1v) is 8.71. The molecule has 3 aromatic rings. The molecule has 1 saturated heterocycles. The van der Waals surface area contributed by atoms with Gasteiger partial charge in [0, 0.05) is 48.0 Å². The summed E-state index contributed by atoms with van der Waals surface area (Å²) in [5, 5.41) is 8.63. The number of nitrogens with zero attached hydrogens (tertiary/aromatic N) is 2. The molecule has 1 aliphatic heterocycles. The second kappa shape index (κ2) is 5.60. The van der Waals surface area contributed by atoms with Gasteiger partial charge < -0.3 is 15.6 Å². The second-order valence-electron chi connectivity index (χ2n) is 6.96. The molecular formula is C19H21N5. The van der Waals surface area contributed by atoms with Crippen molar-refractivity contribution < 1.29 is 0 Å². The molecule has 2 aliphatic rings. The number of hydrogen-bond acceptors (Lipinski definition) is 4. The Balaban J connectivity index is 1.37. The van der Waals surface area contributed by atoms with Gasteiger partial charge in [0.25, 0.3) is 0 Å². The van der Waals surface area contributed by atoms with Gasteiger partial charge in [0.1, 0.15) is 0 Å². The van der Waals surface area contributed by atoms with Gasteiger partial charge in [-0.05, 0) is 48.6 Å². The van der Waals surface area contributed by atoms with Crippen LogP contribution in [0.4, 0.5) is 5.95 Å². The lowest BCUT2D eigenvalue weighted by atomic mass is 9.73. The molecule has 2 aromatic heterocycles. The van der Waals surface area contributed by atoms with Gasteiger partial charge in [-0.2, -0.15) is 0 Å². The summed E-state index contributed by atoms with van der Waals surface area (Å²) in [7, 11) is 0. The first kappa shape index (κ1) is 14.0. The highest BCUT2D eigenvalue weighted by Crippen LogP contribution is 2.41. The van der Waals surface area contributed by atoms with Crippen molar-refractivity contribution >= 4 is 16.9 Å². The second-order valence-corrected chi connectivity index (χ2v) is 6.96. The number of nitrogens with one attached hydrogen (secondary N) is 3. The van der Waals surface area contributed by atoms with Crippen molar-refractivity contribution in [3.8, 4) is 0 Å². The van der Waals surface area contributed by atoms with E-state index in [2.05, 4.69) is 50.0 Å². The number of anilines is 1. The smallest absolute Gasteiger partial charge is 0.222 e. The van der Waals surface area contributed by atoms with Crippen LogP contribution in [0.5, 0.6) is 0 Å².